The Kier molecular flexibility index (Phi) is 2.25. The first-order chi connectivity index (χ1) is 4.61. The van der Waals surface area contributed by atoms with Crippen LogP contribution < -0.4 is 0 Å². The Morgan fingerprint density at radius 2 is 1.90 bits per heavy atom. The summed E-state index contributed by atoms with van der Waals surface area (Å²) in [6.07, 6.45) is -3.07. The quantitative estimate of drug-likeness (QED) is 0.405. The molecule has 3 N–H and O–H groups in total. The summed E-state index contributed by atoms with van der Waals surface area (Å²) < 4.78 is 4.81. The lowest BCUT2D eigenvalue weighted by atomic mass is 10.0. The van der Waals surface area contributed by atoms with Gasteiger partial charge < -0.3 is 20.1 Å². The van der Waals surface area contributed by atoms with E-state index in [9.17, 15) is 0 Å². The first-order valence-corrected chi connectivity index (χ1v) is 3.31. The van der Waals surface area contributed by atoms with Crippen molar-refractivity contribution in [1.82, 2.24) is 0 Å². The predicted molar refractivity (Wildman–Crippen MR) is 33.2 cm³/mol. The van der Waals surface area contributed by atoms with Gasteiger partial charge >= 0.3 is 0 Å². The van der Waals surface area contributed by atoms with E-state index >= 15 is 0 Å². The van der Waals surface area contributed by atoms with Gasteiger partial charge in [-0.2, -0.15) is 0 Å². The molecule has 0 unspecified atom stereocenters. The summed E-state index contributed by atoms with van der Waals surface area (Å²) in [7, 11) is 0. The maximum atomic E-state index is 9.08. The van der Waals surface area contributed by atoms with Crippen molar-refractivity contribution >= 4 is 0 Å². The van der Waals surface area contributed by atoms with Crippen LogP contribution in [0.5, 0.6) is 0 Å². The first kappa shape index (κ1) is 7.94. The standard InChI is InChI=1S/C6H12O4/c1-3-6(9)4(7)2-5(8)10-3/h3-9H,2H2,1H3/t3-,4+,5+,6-/m1/s1. The van der Waals surface area contributed by atoms with Crippen molar-refractivity contribution in [2.24, 2.45) is 0 Å². The Balaban J connectivity index is 2.49. The van der Waals surface area contributed by atoms with Crippen LogP contribution in [-0.2, 0) is 4.74 Å². The third-order valence-corrected chi connectivity index (χ3v) is 1.69. The fourth-order valence-corrected chi connectivity index (χ4v) is 1.04. The zero-order valence-electron chi connectivity index (χ0n) is 5.77. The molecule has 4 nitrogen and oxygen atoms in total. The lowest BCUT2D eigenvalue weighted by Crippen LogP contribution is -2.46. The van der Waals surface area contributed by atoms with E-state index in [2.05, 4.69) is 0 Å². The van der Waals surface area contributed by atoms with Crippen LogP contribution in [0.2, 0.25) is 0 Å². The first-order valence-electron chi connectivity index (χ1n) is 3.31. The summed E-state index contributed by atoms with van der Waals surface area (Å²) in [6.45, 7) is 1.61. The number of aliphatic hydroxyl groups excluding tert-OH is 3. The molecule has 1 aliphatic heterocycles. The van der Waals surface area contributed by atoms with E-state index in [4.69, 9.17) is 20.1 Å². The highest BCUT2D eigenvalue weighted by Crippen LogP contribution is 2.17. The van der Waals surface area contributed by atoms with Gasteiger partial charge in [0, 0.05) is 6.42 Å². The summed E-state index contributed by atoms with van der Waals surface area (Å²) in [4.78, 5) is 0. The fraction of sp³-hybridized carbons (Fsp3) is 1.00. The second-order valence-electron chi connectivity index (χ2n) is 2.59. The van der Waals surface area contributed by atoms with E-state index in [1.165, 1.54) is 0 Å². The maximum Gasteiger partial charge on any atom is 0.157 e. The molecule has 0 aromatic heterocycles. The van der Waals surface area contributed by atoms with Crippen LogP contribution in [0, 0.1) is 0 Å². The van der Waals surface area contributed by atoms with Gasteiger partial charge in [-0.25, -0.2) is 0 Å². The normalized spacial score (nSPS) is 49.2. The molecule has 1 heterocycles. The molecule has 0 aliphatic carbocycles. The summed E-state index contributed by atoms with van der Waals surface area (Å²) in [5, 5.41) is 27.0. The second-order valence-corrected chi connectivity index (χ2v) is 2.59. The Bertz CT molecular complexity index is 104. The molecule has 4 heteroatoms. The summed E-state index contributed by atoms with van der Waals surface area (Å²) in [5.74, 6) is 0. The third-order valence-electron chi connectivity index (χ3n) is 1.69. The molecule has 0 saturated carbocycles. The van der Waals surface area contributed by atoms with Crippen LogP contribution in [0.15, 0.2) is 0 Å². The molecule has 10 heavy (non-hydrogen) atoms. The van der Waals surface area contributed by atoms with Crippen LogP contribution in [0.25, 0.3) is 0 Å². The van der Waals surface area contributed by atoms with E-state index in [1.54, 1.807) is 6.92 Å². The highest BCUT2D eigenvalue weighted by Gasteiger charge is 2.32. The molecule has 1 fully saturated rings. The lowest BCUT2D eigenvalue weighted by Gasteiger charge is -2.32. The zero-order valence-corrected chi connectivity index (χ0v) is 5.77. The van der Waals surface area contributed by atoms with Crippen molar-refractivity contribution in [3.63, 3.8) is 0 Å². The molecule has 0 amide bonds. The average molecular weight is 148 g/mol. The summed E-state index contributed by atoms with van der Waals surface area (Å²) >= 11 is 0. The fourth-order valence-electron chi connectivity index (χ4n) is 1.04. The van der Waals surface area contributed by atoms with Crippen molar-refractivity contribution < 1.29 is 20.1 Å². The monoisotopic (exact) mass is 148 g/mol. The Morgan fingerprint density at radius 1 is 1.30 bits per heavy atom. The third kappa shape index (κ3) is 1.46. The van der Waals surface area contributed by atoms with Crippen LogP contribution in [0.1, 0.15) is 13.3 Å². The minimum atomic E-state index is -0.937. The smallest absolute Gasteiger partial charge is 0.157 e. The molecule has 60 valence electrons. The molecule has 0 spiro atoms. The number of hydrogen-bond acceptors (Lipinski definition) is 4. The van der Waals surface area contributed by atoms with Gasteiger partial charge in [-0.05, 0) is 6.92 Å². The van der Waals surface area contributed by atoms with Crippen molar-refractivity contribution in [3.05, 3.63) is 0 Å². The molecular weight excluding hydrogens is 136 g/mol. The molecule has 0 aromatic rings. The minimum absolute atomic E-state index is 0.0888. The van der Waals surface area contributed by atoms with Gasteiger partial charge in [0.1, 0.15) is 6.10 Å². The molecule has 0 radical (unpaired) electrons. The SMILES string of the molecule is C[C@H]1O[C@H](O)C[C@H](O)[C@@H]1O. The van der Waals surface area contributed by atoms with Crippen molar-refractivity contribution in [2.45, 2.75) is 37.9 Å². The second kappa shape index (κ2) is 2.84. The van der Waals surface area contributed by atoms with Gasteiger partial charge in [0.25, 0.3) is 0 Å². The summed E-state index contributed by atoms with van der Waals surface area (Å²) in [6, 6.07) is 0. The Morgan fingerprint density at radius 3 is 2.40 bits per heavy atom. The van der Waals surface area contributed by atoms with Crippen molar-refractivity contribution in [1.29, 1.82) is 0 Å². The van der Waals surface area contributed by atoms with Gasteiger partial charge in [-0.15, -0.1) is 0 Å². The molecule has 4 atom stereocenters. The van der Waals surface area contributed by atoms with E-state index in [0.717, 1.165) is 0 Å². The molecular formula is C6H12O4. The van der Waals surface area contributed by atoms with Crippen LogP contribution >= 0.6 is 0 Å². The number of aliphatic hydroxyl groups is 3. The van der Waals surface area contributed by atoms with Crippen molar-refractivity contribution in [2.75, 3.05) is 0 Å². The van der Waals surface area contributed by atoms with E-state index in [0.29, 0.717) is 0 Å². The van der Waals surface area contributed by atoms with Crippen LogP contribution in [0.4, 0.5) is 0 Å². The van der Waals surface area contributed by atoms with Gasteiger partial charge in [0.05, 0.1) is 12.2 Å². The summed E-state index contributed by atoms with van der Waals surface area (Å²) in [5.41, 5.74) is 0. The predicted octanol–water partition coefficient (Wildman–Crippen LogP) is -1.16. The minimum Gasteiger partial charge on any atom is -0.390 e. The maximum absolute atomic E-state index is 9.08. The molecule has 0 bridgehead atoms. The lowest BCUT2D eigenvalue weighted by molar-refractivity contribution is -0.226. The molecule has 1 aliphatic rings. The van der Waals surface area contributed by atoms with E-state index < -0.39 is 24.6 Å². The zero-order chi connectivity index (χ0) is 7.72. The van der Waals surface area contributed by atoms with Gasteiger partial charge in [0.15, 0.2) is 6.29 Å². The average Bonchev–Trinajstić information content (AvgIpc) is 1.82. The molecule has 0 aromatic carbocycles. The topological polar surface area (TPSA) is 69.9 Å². The van der Waals surface area contributed by atoms with E-state index in [1.807, 2.05) is 0 Å². The number of ether oxygens (including phenoxy) is 1. The Hall–Kier alpha value is -0.160. The number of hydrogen-bond donors (Lipinski definition) is 3. The van der Waals surface area contributed by atoms with Crippen LogP contribution in [-0.4, -0.2) is 39.9 Å². The van der Waals surface area contributed by atoms with Crippen LogP contribution in [0.3, 0.4) is 0 Å². The van der Waals surface area contributed by atoms with Gasteiger partial charge in [-0.1, -0.05) is 0 Å². The van der Waals surface area contributed by atoms with Gasteiger partial charge in [0.2, 0.25) is 0 Å². The van der Waals surface area contributed by atoms with E-state index in [-0.39, 0.29) is 6.42 Å². The largest absolute Gasteiger partial charge is 0.390 e. The molecule has 1 rings (SSSR count). The Labute approximate surface area is 59.1 Å². The highest BCUT2D eigenvalue weighted by molar-refractivity contribution is 4.78. The molecule has 1 saturated heterocycles. The van der Waals surface area contributed by atoms with Crippen molar-refractivity contribution in [3.8, 4) is 0 Å². The highest BCUT2D eigenvalue weighted by atomic mass is 16.6. The number of rotatable bonds is 0. The van der Waals surface area contributed by atoms with Gasteiger partial charge in [-0.3, -0.25) is 0 Å².